The molecule has 0 aliphatic rings. The van der Waals surface area contributed by atoms with E-state index in [0.29, 0.717) is 21.9 Å². The first-order valence-electron chi connectivity index (χ1n) is 5.01. The van der Waals surface area contributed by atoms with E-state index in [-0.39, 0.29) is 5.78 Å². The number of aromatic nitrogens is 1. The van der Waals surface area contributed by atoms with Crippen LogP contribution in [0.1, 0.15) is 15.9 Å². The van der Waals surface area contributed by atoms with Crippen molar-refractivity contribution in [2.75, 3.05) is 7.11 Å². The molecule has 0 aliphatic carbocycles. The lowest BCUT2D eigenvalue weighted by atomic mass is 10.0. The lowest BCUT2D eigenvalue weighted by Gasteiger charge is -2.07. The highest BCUT2D eigenvalue weighted by Crippen LogP contribution is 2.29. The van der Waals surface area contributed by atoms with Gasteiger partial charge in [0.05, 0.1) is 12.1 Å². The van der Waals surface area contributed by atoms with Crippen LogP contribution in [0.4, 0.5) is 0 Å². The third kappa shape index (κ3) is 2.29. The molecule has 4 heteroatoms. The van der Waals surface area contributed by atoms with Crippen LogP contribution in [0.15, 0.2) is 42.7 Å². The smallest absolute Gasteiger partial charge is 0.194 e. The molecule has 0 bridgehead atoms. The van der Waals surface area contributed by atoms with Crippen LogP contribution in [0.25, 0.3) is 0 Å². The Labute approximate surface area is 104 Å². The molecule has 0 amide bonds. The second kappa shape index (κ2) is 4.97. The minimum absolute atomic E-state index is 0.142. The number of carbonyl (C=O) groups is 1. The van der Waals surface area contributed by atoms with Crippen LogP contribution in [0.5, 0.6) is 5.75 Å². The van der Waals surface area contributed by atoms with Gasteiger partial charge >= 0.3 is 0 Å². The zero-order valence-corrected chi connectivity index (χ0v) is 9.94. The van der Waals surface area contributed by atoms with Gasteiger partial charge in [-0.05, 0) is 24.3 Å². The van der Waals surface area contributed by atoms with Crippen molar-refractivity contribution < 1.29 is 9.53 Å². The molecule has 2 rings (SSSR count). The first-order chi connectivity index (χ1) is 8.24. The van der Waals surface area contributed by atoms with Crippen molar-refractivity contribution in [3.8, 4) is 5.75 Å². The average molecular weight is 248 g/mol. The van der Waals surface area contributed by atoms with E-state index in [1.54, 1.807) is 42.7 Å². The highest BCUT2D eigenvalue weighted by molar-refractivity contribution is 6.36. The van der Waals surface area contributed by atoms with E-state index < -0.39 is 0 Å². The molecule has 1 aromatic heterocycles. The van der Waals surface area contributed by atoms with E-state index in [1.165, 1.54) is 7.11 Å². The summed E-state index contributed by atoms with van der Waals surface area (Å²) in [5.41, 5.74) is 0.979. The summed E-state index contributed by atoms with van der Waals surface area (Å²) in [6.07, 6.45) is 3.14. The Balaban J connectivity index is 2.45. The highest BCUT2D eigenvalue weighted by atomic mass is 35.5. The summed E-state index contributed by atoms with van der Waals surface area (Å²) in [4.78, 5) is 16.0. The van der Waals surface area contributed by atoms with Gasteiger partial charge in [0.2, 0.25) is 0 Å². The van der Waals surface area contributed by atoms with Crippen molar-refractivity contribution in [1.29, 1.82) is 0 Å². The van der Waals surface area contributed by atoms with Crippen molar-refractivity contribution in [1.82, 2.24) is 4.98 Å². The molecule has 1 aromatic carbocycles. The fourth-order valence-corrected chi connectivity index (χ4v) is 1.79. The van der Waals surface area contributed by atoms with E-state index >= 15 is 0 Å². The fraction of sp³-hybridized carbons (Fsp3) is 0.0769. The van der Waals surface area contributed by atoms with Crippen LogP contribution < -0.4 is 4.74 Å². The van der Waals surface area contributed by atoms with Crippen LogP contribution in [0.2, 0.25) is 5.02 Å². The van der Waals surface area contributed by atoms with Crippen molar-refractivity contribution in [3.63, 3.8) is 0 Å². The van der Waals surface area contributed by atoms with E-state index in [1.807, 2.05) is 0 Å². The zero-order valence-electron chi connectivity index (χ0n) is 9.18. The molecule has 2 aromatic rings. The number of methoxy groups -OCH3 is 1. The van der Waals surface area contributed by atoms with Crippen LogP contribution in [0.3, 0.4) is 0 Å². The summed E-state index contributed by atoms with van der Waals surface area (Å²) >= 11 is 6.09. The van der Waals surface area contributed by atoms with Crippen LogP contribution in [-0.2, 0) is 0 Å². The Morgan fingerprint density at radius 1 is 1.24 bits per heavy atom. The third-order valence-corrected chi connectivity index (χ3v) is 2.76. The Morgan fingerprint density at radius 3 is 2.59 bits per heavy atom. The predicted molar refractivity (Wildman–Crippen MR) is 65.7 cm³/mol. The molecule has 0 atom stereocenters. The Hall–Kier alpha value is -1.87. The van der Waals surface area contributed by atoms with E-state index in [0.717, 1.165) is 0 Å². The lowest BCUT2D eigenvalue weighted by Crippen LogP contribution is -2.03. The van der Waals surface area contributed by atoms with Gasteiger partial charge in [-0.3, -0.25) is 9.78 Å². The van der Waals surface area contributed by atoms with Gasteiger partial charge in [0.1, 0.15) is 5.75 Å². The Morgan fingerprint density at radius 2 is 1.94 bits per heavy atom. The Bertz CT molecular complexity index is 540. The zero-order chi connectivity index (χ0) is 12.3. The minimum Gasteiger partial charge on any atom is -0.495 e. The number of rotatable bonds is 3. The maximum atomic E-state index is 12.2. The number of halogens is 1. The molecule has 86 valence electrons. The van der Waals surface area contributed by atoms with Gasteiger partial charge < -0.3 is 4.74 Å². The topological polar surface area (TPSA) is 39.2 Å². The standard InChI is InChI=1S/C13H10ClNO2/c1-17-11-4-2-3-10(12(11)14)13(16)9-5-7-15-8-6-9/h2-8H,1H3. The first-order valence-corrected chi connectivity index (χ1v) is 5.39. The normalized spacial score (nSPS) is 10.0. The van der Waals surface area contributed by atoms with Gasteiger partial charge in [-0.15, -0.1) is 0 Å². The molecule has 0 fully saturated rings. The summed E-state index contributed by atoms with van der Waals surface area (Å²) < 4.78 is 5.08. The summed E-state index contributed by atoms with van der Waals surface area (Å²) in [7, 11) is 1.52. The maximum Gasteiger partial charge on any atom is 0.194 e. The first kappa shape index (κ1) is 11.6. The lowest BCUT2D eigenvalue weighted by molar-refractivity contribution is 0.103. The van der Waals surface area contributed by atoms with Gasteiger partial charge in [-0.2, -0.15) is 0 Å². The quantitative estimate of drug-likeness (QED) is 0.783. The van der Waals surface area contributed by atoms with Gasteiger partial charge in [-0.25, -0.2) is 0 Å². The van der Waals surface area contributed by atoms with Crippen LogP contribution in [-0.4, -0.2) is 17.9 Å². The van der Waals surface area contributed by atoms with Crippen molar-refractivity contribution in [2.45, 2.75) is 0 Å². The van der Waals surface area contributed by atoms with Crippen molar-refractivity contribution in [3.05, 3.63) is 58.9 Å². The second-order valence-corrected chi connectivity index (χ2v) is 3.76. The van der Waals surface area contributed by atoms with Gasteiger partial charge in [0.25, 0.3) is 0 Å². The molecule has 0 spiro atoms. The maximum absolute atomic E-state index is 12.2. The van der Waals surface area contributed by atoms with Crippen LogP contribution in [0, 0.1) is 0 Å². The van der Waals surface area contributed by atoms with Gasteiger partial charge in [-0.1, -0.05) is 17.7 Å². The largest absolute Gasteiger partial charge is 0.495 e. The SMILES string of the molecule is COc1cccc(C(=O)c2ccncc2)c1Cl. The molecule has 1 heterocycles. The molecule has 0 N–H and O–H groups in total. The fourth-order valence-electron chi connectivity index (χ4n) is 1.50. The van der Waals surface area contributed by atoms with E-state index in [4.69, 9.17) is 16.3 Å². The van der Waals surface area contributed by atoms with E-state index in [9.17, 15) is 4.79 Å². The molecule has 3 nitrogen and oxygen atoms in total. The molecule has 17 heavy (non-hydrogen) atoms. The number of ketones is 1. The number of benzene rings is 1. The third-order valence-electron chi connectivity index (χ3n) is 2.37. The van der Waals surface area contributed by atoms with Gasteiger partial charge in [0, 0.05) is 23.5 Å². The molecular weight excluding hydrogens is 238 g/mol. The average Bonchev–Trinajstić information content (AvgIpc) is 2.39. The molecule has 0 aliphatic heterocycles. The summed E-state index contributed by atoms with van der Waals surface area (Å²) in [6, 6.07) is 8.43. The van der Waals surface area contributed by atoms with Crippen molar-refractivity contribution >= 4 is 17.4 Å². The predicted octanol–water partition coefficient (Wildman–Crippen LogP) is 2.97. The summed E-state index contributed by atoms with van der Waals surface area (Å²) in [5, 5.41) is 0.330. The van der Waals surface area contributed by atoms with E-state index in [2.05, 4.69) is 4.98 Å². The molecule has 0 saturated heterocycles. The monoisotopic (exact) mass is 247 g/mol. The molecule has 0 radical (unpaired) electrons. The number of pyridine rings is 1. The number of hydrogen-bond donors (Lipinski definition) is 0. The number of carbonyl (C=O) groups excluding carboxylic acids is 1. The van der Waals surface area contributed by atoms with Crippen LogP contribution >= 0.6 is 11.6 Å². The Kier molecular flexibility index (Phi) is 3.40. The van der Waals surface area contributed by atoms with Gasteiger partial charge in [0.15, 0.2) is 5.78 Å². The summed E-state index contributed by atoms with van der Waals surface area (Å²) in [5.74, 6) is 0.350. The number of hydrogen-bond acceptors (Lipinski definition) is 3. The second-order valence-electron chi connectivity index (χ2n) is 3.39. The molecular formula is C13H10ClNO2. The molecule has 0 unspecified atom stereocenters. The number of ether oxygens (including phenoxy) is 1. The highest BCUT2D eigenvalue weighted by Gasteiger charge is 2.15. The number of nitrogens with zero attached hydrogens (tertiary/aromatic N) is 1. The summed E-state index contributed by atoms with van der Waals surface area (Å²) in [6.45, 7) is 0. The molecule has 0 saturated carbocycles. The minimum atomic E-state index is -0.142. The van der Waals surface area contributed by atoms with Crippen molar-refractivity contribution in [2.24, 2.45) is 0 Å².